The van der Waals surface area contributed by atoms with Gasteiger partial charge in [-0.2, -0.15) is 0 Å². The number of rotatable bonds is 1. The summed E-state index contributed by atoms with van der Waals surface area (Å²) in [7, 11) is -2.08. The van der Waals surface area contributed by atoms with Crippen LogP contribution in [-0.2, 0) is 36.2 Å². The molecule has 0 fully saturated rings. The van der Waals surface area contributed by atoms with E-state index in [-0.39, 0.29) is 17.1 Å². The van der Waals surface area contributed by atoms with Gasteiger partial charge in [0.25, 0.3) is 0 Å². The normalized spacial score (nSPS) is 11.6. The fourth-order valence-corrected chi connectivity index (χ4v) is 3.85. The van der Waals surface area contributed by atoms with Crippen LogP contribution < -0.4 is 0 Å². The third kappa shape index (κ3) is 5.80. The Hall–Kier alpha value is -3.71. The number of H-pyrrole nitrogens is 2. The molecular weight excluding hydrogens is 487 g/mol. The molecular formula is C26H19MnN4O2S-. The maximum Gasteiger partial charge on any atom is 0.0659 e. The van der Waals surface area contributed by atoms with Crippen molar-refractivity contribution >= 4 is 57.1 Å². The summed E-state index contributed by atoms with van der Waals surface area (Å²) in [6.07, 6.45) is 8.05. The van der Waals surface area contributed by atoms with Crippen molar-refractivity contribution in [2.75, 3.05) is 0 Å². The average molecular weight is 506 g/mol. The quantitative estimate of drug-likeness (QED) is 0.211. The Morgan fingerprint density at radius 2 is 0.941 bits per heavy atom. The minimum Gasteiger partial charge on any atom is -0.420 e. The molecule has 6 rings (SSSR count). The van der Waals surface area contributed by atoms with E-state index in [1.807, 2.05) is 42.5 Å². The number of hydrogen-bond acceptors (Lipinski definition) is 5. The van der Waals surface area contributed by atoms with Gasteiger partial charge in [0.2, 0.25) is 0 Å². The van der Waals surface area contributed by atoms with Crippen LogP contribution in [0.4, 0.5) is 0 Å². The molecule has 2 N–H and O–H groups in total. The molecule has 8 heteroatoms. The molecule has 5 heterocycles. The van der Waals surface area contributed by atoms with E-state index in [4.69, 9.17) is 0 Å². The molecule has 0 aliphatic carbocycles. The van der Waals surface area contributed by atoms with Crippen LogP contribution in [0.2, 0.25) is 0 Å². The monoisotopic (exact) mass is 506 g/mol. The number of nitrogens with zero attached hydrogens (tertiary/aromatic N) is 2. The maximum absolute atomic E-state index is 10.2. The van der Waals surface area contributed by atoms with Crippen molar-refractivity contribution in [3.05, 3.63) is 102 Å². The maximum atomic E-state index is 10.2. The molecule has 0 amide bonds. The van der Waals surface area contributed by atoms with E-state index in [0.29, 0.717) is 4.90 Å². The Labute approximate surface area is 208 Å². The van der Waals surface area contributed by atoms with Crippen molar-refractivity contribution in [2.45, 2.75) is 4.90 Å². The van der Waals surface area contributed by atoms with E-state index in [9.17, 15) is 8.42 Å². The first kappa shape index (κ1) is 23.4. The second-order valence-corrected chi connectivity index (χ2v) is 8.39. The smallest absolute Gasteiger partial charge is 0.0659 e. The molecule has 1 radical (unpaired) electrons. The first-order chi connectivity index (χ1) is 16.1. The van der Waals surface area contributed by atoms with E-state index in [2.05, 4.69) is 50.3 Å². The molecule has 8 bridgehead atoms. The third-order valence-corrected chi connectivity index (χ3v) is 5.63. The van der Waals surface area contributed by atoms with Gasteiger partial charge in [0.1, 0.15) is 0 Å². The predicted octanol–water partition coefficient (Wildman–Crippen LogP) is 6.01. The summed E-state index contributed by atoms with van der Waals surface area (Å²) in [5.41, 5.74) is 7.86. The molecule has 2 aliphatic rings. The molecule has 0 saturated heterocycles. The van der Waals surface area contributed by atoms with Crippen LogP contribution in [0.3, 0.4) is 0 Å². The van der Waals surface area contributed by atoms with Crippen molar-refractivity contribution in [3.8, 4) is 0 Å². The fraction of sp³-hybridized carbons (Fsp3) is 0. The molecule has 0 atom stereocenters. The van der Waals surface area contributed by atoms with Crippen molar-refractivity contribution in [2.24, 2.45) is 0 Å². The fourth-order valence-electron chi connectivity index (χ4n) is 3.48. The summed E-state index contributed by atoms with van der Waals surface area (Å²) >= 11 is 0. The second kappa shape index (κ2) is 10.5. The van der Waals surface area contributed by atoms with Crippen LogP contribution >= 0.6 is 0 Å². The van der Waals surface area contributed by atoms with Crippen molar-refractivity contribution in [1.29, 1.82) is 0 Å². The Morgan fingerprint density at radius 3 is 1.35 bits per heavy atom. The number of hydrogen-bond donors (Lipinski definition) is 2. The predicted molar refractivity (Wildman–Crippen MR) is 132 cm³/mol. The van der Waals surface area contributed by atoms with Gasteiger partial charge < -0.3 is 18.4 Å². The number of benzene rings is 1. The Balaban J connectivity index is 0.000000234. The van der Waals surface area contributed by atoms with E-state index in [1.54, 1.807) is 30.3 Å². The molecule has 4 aromatic rings. The minimum atomic E-state index is -2.08. The van der Waals surface area contributed by atoms with Crippen LogP contribution in [0.5, 0.6) is 0 Å². The summed E-state index contributed by atoms with van der Waals surface area (Å²) in [6, 6.07) is 24.6. The molecule has 0 unspecified atom stereocenters. The topological polar surface area (TPSA) is 91.5 Å². The average Bonchev–Trinajstić information content (AvgIpc) is 3.61. The van der Waals surface area contributed by atoms with Gasteiger partial charge in [-0.25, -0.2) is 9.97 Å². The number of aromatic amines is 2. The number of aromatic nitrogens is 4. The zero-order chi connectivity index (χ0) is 22.6. The zero-order valence-electron chi connectivity index (χ0n) is 17.8. The van der Waals surface area contributed by atoms with E-state index >= 15 is 0 Å². The second-order valence-electron chi connectivity index (χ2n) is 7.45. The van der Waals surface area contributed by atoms with Gasteiger partial charge in [0, 0.05) is 39.1 Å². The molecule has 2 aliphatic heterocycles. The molecule has 3 aromatic heterocycles. The van der Waals surface area contributed by atoms with Crippen LogP contribution in [0.25, 0.3) is 46.4 Å². The van der Waals surface area contributed by atoms with Gasteiger partial charge in [-0.15, -0.1) is 0 Å². The summed E-state index contributed by atoms with van der Waals surface area (Å²) in [4.78, 5) is 16.4. The Bertz CT molecular complexity index is 1520. The van der Waals surface area contributed by atoms with Gasteiger partial charge in [0.05, 0.1) is 22.8 Å². The third-order valence-electron chi connectivity index (χ3n) is 4.98. The summed E-state index contributed by atoms with van der Waals surface area (Å²) in [6.45, 7) is 0. The van der Waals surface area contributed by atoms with Crippen LogP contribution in [0.15, 0.2) is 83.8 Å². The standard InChI is InChI=1S/C20H14N4.C6H5O2S.Mn/c1-2-14-10-16-5-6-18(23-16)12-20-8-7-19(24-20)11-17-4-3-15(22-17)9-13(1)21-14;7-9(8)6-4-2-1-3-5-6;/h1-12,21-22H;1-5H;/q;-1;. The summed E-state index contributed by atoms with van der Waals surface area (Å²) < 4.78 is 20.4. The summed E-state index contributed by atoms with van der Waals surface area (Å²) in [5, 5.41) is 0. The molecule has 0 spiro atoms. The van der Waals surface area contributed by atoms with Gasteiger partial charge >= 0.3 is 0 Å². The molecule has 169 valence electrons. The van der Waals surface area contributed by atoms with Crippen molar-refractivity contribution < 1.29 is 25.5 Å². The SMILES string of the molecule is C1=Cc2cc3ccc(cc4ccc(cc5nc(cc1n2)C=C5)[nH]4)[nH]3.O=[S-](=O)c1ccccc1.[Mn]. The number of nitrogens with one attached hydrogen (secondary N) is 2. The summed E-state index contributed by atoms with van der Waals surface area (Å²) in [5.74, 6) is 0. The molecule has 1 aromatic carbocycles. The van der Waals surface area contributed by atoms with E-state index in [0.717, 1.165) is 44.8 Å². The minimum absolute atomic E-state index is 0. The van der Waals surface area contributed by atoms with Crippen LogP contribution in [-0.4, -0.2) is 19.9 Å². The zero-order valence-corrected chi connectivity index (χ0v) is 19.8. The van der Waals surface area contributed by atoms with E-state index in [1.165, 1.54) is 0 Å². The Morgan fingerprint density at radius 1 is 0.529 bits per heavy atom. The van der Waals surface area contributed by atoms with Crippen LogP contribution in [0, 0.1) is 0 Å². The molecule has 34 heavy (non-hydrogen) atoms. The van der Waals surface area contributed by atoms with Crippen molar-refractivity contribution in [1.82, 2.24) is 19.9 Å². The van der Waals surface area contributed by atoms with Crippen LogP contribution in [0.1, 0.15) is 22.8 Å². The number of fused-ring (bicyclic) bond motifs is 8. The largest absolute Gasteiger partial charge is 0.420 e. The Kier molecular flexibility index (Phi) is 7.23. The van der Waals surface area contributed by atoms with Gasteiger partial charge in [0.15, 0.2) is 0 Å². The van der Waals surface area contributed by atoms with Gasteiger partial charge in [-0.05, 0) is 83.5 Å². The molecule has 6 nitrogen and oxygen atoms in total. The van der Waals surface area contributed by atoms with Crippen molar-refractivity contribution in [3.63, 3.8) is 0 Å². The first-order valence-electron chi connectivity index (χ1n) is 10.3. The van der Waals surface area contributed by atoms with E-state index < -0.39 is 10.7 Å². The van der Waals surface area contributed by atoms with Gasteiger partial charge in [-0.1, -0.05) is 35.2 Å². The first-order valence-corrected chi connectivity index (χ1v) is 11.4. The molecule has 0 saturated carbocycles. The van der Waals surface area contributed by atoms with Gasteiger partial charge in [-0.3, -0.25) is 0 Å².